The molecule has 2 aromatic heterocycles. The zero-order chi connectivity index (χ0) is 24.7. The van der Waals surface area contributed by atoms with Gasteiger partial charge in [-0.15, -0.1) is 0 Å². The average Bonchev–Trinajstić information content (AvgIpc) is 3.20. The lowest BCUT2D eigenvalue weighted by Crippen LogP contribution is -2.19. The molecular formula is C22H21F3N4O4S. The zero-order valence-electron chi connectivity index (χ0n) is 18.0. The van der Waals surface area contributed by atoms with Crippen LogP contribution in [-0.2, 0) is 20.8 Å². The van der Waals surface area contributed by atoms with Crippen LogP contribution in [0.1, 0.15) is 47.9 Å². The zero-order valence-corrected chi connectivity index (χ0v) is 18.9. The van der Waals surface area contributed by atoms with E-state index in [-0.39, 0.29) is 22.5 Å². The van der Waals surface area contributed by atoms with E-state index in [1.165, 1.54) is 12.1 Å². The number of anilines is 1. The van der Waals surface area contributed by atoms with Crippen LogP contribution < -0.4 is 5.32 Å². The lowest BCUT2D eigenvalue weighted by molar-refractivity contribution is -0.141. The molecule has 4 rings (SSSR count). The van der Waals surface area contributed by atoms with Crippen LogP contribution in [0.4, 0.5) is 18.9 Å². The molecule has 1 saturated carbocycles. The Kier molecular flexibility index (Phi) is 6.19. The van der Waals surface area contributed by atoms with Crippen LogP contribution in [0.15, 0.2) is 41.4 Å². The van der Waals surface area contributed by atoms with E-state index >= 15 is 0 Å². The van der Waals surface area contributed by atoms with Crippen molar-refractivity contribution in [2.24, 2.45) is 5.92 Å². The maximum atomic E-state index is 13.0. The highest BCUT2D eigenvalue weighted by Crippen LogP contribution is 2.34. The maximum Gasteiger partial charge on any atom is 0.433 e. The monoisotopic (exact) mass is 494 g/mol. The Hall–Kier alpha value is -3.28. The molecule has 0 bridgehead atoms. The Labute approximate surface area is 193 Å². The van der Waals surface area contributed by atoms with Crippen LogP contribution in [0, 0.1) is 5.92 Å². The van der Waals surface area contributed by atoms with Crippen LogP contribution in [0.2, 0.25) is 0 Å². The van der Waals surface area contributed by atoms with Crippen molar-refractivity contribution in [1.82, 2.24) is 14.8 Å². The molecule has 0 saturated heterocycles. The largest absolute Gasteiger partial charge is 0.433 e. The number of carbonyl (C=O) groups excluding carboxylic acids is 2. The summed E-state index contributed by atoms with van der Waals surface area (Å²) in [5, 5.41) is 7.43. The van der Waals surface area contributed by atoms with Crippen molar-refractivity contribution in [2.45, 2.75) is 42.8 Å². The summed E-state index contributed by atoms with van der Waals surface area (Å²) in [4.78, 5) is 26.8. The van der Waals surface area contributed by atoms with Crippen LogP contribution in [0.5, 0.6) is 0 Å². The number of fused-ring (bicyclic) bond motifs is 1. The summed E-state index contributed by atoms with van der Waals surface area (Å²) < 4.78 is 65.4. The molecule has 1 aliphatic carbocycles. The van der Waals surface area contributed by atoms with Gasteiger partial charge in [0.2, 0.25) is 0 Å². The number of aromatic nitrogens is 3. The summed E-state index contributed by atoms with van der Waals surface area (Å²) in [6.45, 7) is 0. The number of benzene rings is 1. The van der Waals surface area contributed by atoms with Gasteiger partial charge < -0.3 is 10.1 Å². The number of nitrogens with zero attached hydrogens (tertiary/aromatic N) is 3. The second-order valence-corrected chi connectivity index (χ2v) is 10.3. The predicted octanol–water partition coefficient (Wildman–Crippen LogP) is 4.04. The molecule has 0 aliphatic heterocycles. The predicted molar refractivity (Wildman–Crippen MR) is 117 cm³/mol. The van der Waals surface area contributed by atoms with Gasteiger partial charge in [-0.3, -0.25) is 9.48 Å². The topological polar surface area (TPSA) is 111 Å². The lowest BCUT2D eigenvalue weighted by Gasteiger charge is -2.25. The fourth-order valence-corrected chi connectivity index (χ4v) is 4.91. The van der Waals surface area contributed by atoms with E-state index in [0.29, 0.717) is 10.9 Å². The van der Waals surface area contributed by atoms with Gasteiger partial charge in [-0.2, -0.15) is 18.3 Å². The van der Waals surface area contributed by atoms with Gasteiger partial charge in [-0.25, -0.2) is 13.4 Å². The number of carbonyl (C=O) groups is 2. The highest BCUT2D eigenvalue weighted by atomic mass is 32.2. The number of hydrogen-bond donors (Lipinski definition) is 1. The third-order valence-electron chi connectivity index (χ3n) is 5.85. The number of alkyl halides is 3. The SMILES string of the molecule is CS(=O)(=O)c1cc2nn([C@H]3CC[C@H](C=O)CC3)cc2cc1NC(=O)c1cccc(C(F)(F)F)n1. The molecule has 3 aromatic rings. The minimum absolute atomic E-state index is 0.0318. The van der Waals surface area contributed by atoms with Gasteiger partial charge in [0.25, 0.3) is 5.91 Å². The summed E-state index contributed by atoms with van der Waals surface area (Å²) in [7, 11) is -3.81. The lowest BCUT2D eigenvalue weighted by atomic mass is 9.87. The summed E-state index contributed by atoms with van der Waals surface area (Å²) >= 11 is 0. The van der Waals surface area contributed by atoms with E-state index in [2.05, 4.69) is 15.4 Å². The van der Waals surface area contributed by atoms with E-state index in [4.69, 9.17) is 0 Å². The van der Waals surface area contributed by atoms with Crippen molar-refractivity contribution in [2.75, 3.05) is 11.6 Å². The van der Waals surface area contributed by atoms with Gasteiger partial charge in [0.05, 0.1) is 22.1 Å². The highest BCUT2D eigenvalue weighted by molar-refractivity contribution is 7.90. The van der Waals surface area contributed by atoms with Gasteiger partial charge in [-0.1, -0.05) is 6.07 Å². The van der Waals surface area contributed by atoms with E-state index in [1.807, 2.05) is 0 Å². The first-order valence-corrected chi connectivity index (χ1v) is 12.4. The number of nitrogens with one attached hydrogen (secondary N) is 1. The molecular weight excluding hydrogens is 473 g/mol. The molecule has 1 fully saturated rings. The molecule has 2 heterocycles. The van der Waals surface area contributed by atoms with E-state index in [1.54, 1.807) is 10.9 Å². The second kappa shape index (κ2) is 8.82. The summed E-state index contributed by atoms with van der Waals surface area (Å²) in [5.41, 5.74) is -1.42. The standard InChI is InChI=1S/C22H21F3N4O4S/c1-34(32,33)19-10-17-14(11-29(28-17)15-7-5-13(12-30)6-8-15)9-18(19)27-21(31)16-3-2-4-20(26-16)22(23,24)25/h2-4,9-13,15H,5-8H2,1H3,(H,27,31)/t13-,15-. The fraction of sp³-hybridized carbons (Fsp3) is 0.364. The first-order valence-electron chi connectivity index (χ1n) is 10.5. The molecule has 0 spiro atoms. The van der Waals surface area contributed by atoms with E-state index < -0.39 is 33.3 Å². The first-order chi connectivity index (χ1) is 16.0. The molecule has 12 heteroatoms. The Morgan fingerprint density at radius 3 is 2.50 bits per heavy atom. The minimum atomic E-state index is -4.73. The Bertz CT molecular complexity index is 1360. The van der Waals surface area contributed by atoms with Gasteiger partial charge in [0.1, 0.15) is 17.7 Å². The summed E-state index contributed by atoms with van der Waals surface area (Å²) in [6.07, 6.45) is 1.90. The van der Waals surface area contributed by atoms with Crippen LogP contribution in [0.25, 0.3) is 10.9 Å². The van der Waals surface area contributed by atoms with Gasteiger partial charge in [0.15, 0.2) is 9.84 Å². The molecule has 1 amide bonds. The van der Waals surface area contributed by atoms with Crippen molar-refractivity contribution in [1.29, 1.82) is 0 Å². The minimum Gasteiger partial charge on any atom is -0.319 e. The molecule has 1 aliphatic rings. The van der Waals surface area contributed by atoms with Gasteiger partial charge in [0, 0.05) is 23.8 Å². The number of hydrogen-bond acceptors (Lipinski definition) is 6. The van der Waals surface area contributed by atoms with Crippen molar-refractivity contribution >= 4 is 38.6 Å². The second-order valence-electron chi connectivity index (χ2n) is 8.35. The third kappa shape index (κ3) is 4.96. The van der Waals surface area contributed by atoms with Crippen molar-refractivity contribution in [3.63, 3.8) is 0 Å². The number of pyridine rings is 1. The Morgan fingerprint density at radius 2 is 1.88 bits per heavy atom. The van der Waals surface area contributed by atoms with Crippen molar-refractivity contribution < 1.29 is 31.2 Å². The van der Waals surface area contributed by atoms with Crippen molar-refractivity contribution in [3.8, 4) is 0 Å². The number of aldehydes is 1. The number of amides is 1. The quantitative estimate of drug-likeness (QED) is 0.536. The molecule has 1 N–H and O–H groups in total. The highest BCUT2D eigenvalue weighted by Gasteiger charge is 2.33. The number of halogens is 3. The number of rotatable bonds is 5. The maximum absolute atomic E-state index is 13.0. The van der Waals surface area contributed by atoms with Crippen molar-refractivity contribution in [3.05, 3.63) is 47.9 Å². The smallest absolute Gasteiger partial charge is 0.319 e. The van der Waals surface area contributed by atoms with E-state index in [0.717, 1.165) is 56.4 Å². The van der Waals surface area contributed by atoms with Gasteiger partial charge >= 0.3 is 6.18 Å². The third-order valence-corrected chi connectivity index (χ3v) is 6.99. The Balaban J connectivity index is 1.68. The van der Waals surface area contributed by atoms with E-state index in [9.17, 15) is 31.2 Å². The molecule has 1 aromatic carbocycles. The normalized spacial score (nSPS) is 19.2. The fourth-order valence-electron chi connectivity index (χ4n) is 4.07. The molecule has 0 radical (unpaired) electrons. The molecule has 8 nitrogen and oxygen atoms in total. The average molecular weight is 494 g/mol. The van der Waals surface area contributed by atoms with Crippen LogP contribution in [0.3, 0.4) is 0 Å². The number of sulfone groups is 1. The molecule has 0 unspecified atom stereocenters. The summed E-state index contributed by atoms with van der Waals surface area (Å²) in [5.74, 6) is -0.945. The molecule has 180 valence electrons. The molecule has 0 atom stereocenters. The Morgan fingerprint density at radius 1 is 1.18 bits per heavy atom. The first kappa shape index (κ1) is 23.9. The van der Waals surface area contributed by atoms with Crippen LogP contribution >= 0.6 is 0 Å². The van der Waals surface area contributed by atoms with Crippen LogP contribution in [-0.4, -0.2) is 41.6 Å². The van der Waals surface area contributed by atoms with Gasteiger partial charge in [-0.05, 0) is 49.9 Å². The molecule has 34 heavy (non-hydrogen) atoms. The summed E-state index contributed by atoms with van der Waals surface area (Å²) in [6, 6.07) is 5.70.